The third-order valence-electron chi connectivity index (χ3n) is 2.83. The van der Waals surface area contributed by atoms with E-state index in [1.807, 2.05) is 12.1 Å². The van der Waals surface area contributed by atoms with Crippen molar-refractivity contribution in [2.75, 3.05) is 0 Å². The molecular formula is C13H23NO. The summed E-state index contributed by atoms with van der Waals surface area (Å²) in [6, 6.07) is 4.11. The Morgan fingerprint density at radius 2 is 2.07 bits per heavy atom. The molecule has 0 bridgehead atoms. The van der Waals surface area contributed by atoms with E-state index in [2.05, 4.69) is 20.8 Å². The van der Waals surface area contributed by atoms with Crippen molar-refractivity contribution in [2.24, 2.45) is 11.7 Å². The zero-order chi connectivity index (χ0) is 11.3. The molecule has 0 saturated heterocycles. The molecule has 0 fully saturated rings. The minimum Gasteiger partial charge on any atom is -0.464 e. The Morgan fingerprint density at radius 1 is 1.33 bits per heavy atom. The lowest BCUT2D eigenvalue weighted by molar-refractivity contribution is 0.376. The topological polar surface area (TPSA) is 39.2 Å². The van der Waals surface area contributed by atoms with Gasteiger partial charge in [-0.25, -0.2) is 0 Å². The van der Waals surface area contributed by atoms with Gasteiger partial charge in [0.25, 0.3) is 0 Å². The molecule has 0 aliphatic carbocycles. The molecule has 2 atom stereocenters. The normalized spacial score (nSPS) is 15.2. The van der Waals surface area contributed by atoms with Crippen molar-refractivity contribution in [3.8, 4) is 0 Å². The first-order chi connectivity index (χ1) is 7.17. The SMILES string of the molecule is CCCC(C)CC(N)c1ccc(CC)o1. The summed E-state index contributed by atoms with van der Waals surface area (Å²) in [7, 11) is 0. The van der Waals surface area contributed by atoms with Crippen molar-refractivity contribution in [1.29, 1.82) is 0 Å². The summed E-state index contributed by atoms with van der Waals surface area (Å²) in [5.74, 6) is 2.65. The molecule has 2 heteroatoms. The van der Waals surface area contributed by atoms with Crippen LogP contribution in [0.4, 0.5) is 0 Å². The summed E-state index contributed by atoms with van der Waals surface area (Å²) in [4.78, 5) is 0. The lowest BCUT2D eigenvalue weighted by Gasteiger charge is -2.14. The second kappa shape index (κ2) is 5.96. The molecule has 0 saturated carbocycles. The Labute approximate surface area is 92.9 Å². The van der Waals surface area contributed by atoms with Gasteiger partial charge in [0.05, 0.1) is 6.04 Å². The van der Waals surface area contributed by atoms with Crippen LogP contribution in [0.1, 0.15) is 57.6 Å². The van der Waals surface area contributed by atoms with Gasteiger partial charge in [0.2, 0.25) is 0 Å². The molecule has 0 aliphatic heterocycles. The van der Waals surface area contributed by atoms with E-state index in [1.54, 1.807) is 0 Å². The van der Waals surface area contributed by atoms with Crippen LogP contribution in [-0.2, 0) is 6.42 Å². The van der Waals surface area contributed by atoms with E-state index in [0.717, 1.165) is 24.4 Å². The highest BCUT2D eigenvalue weighted by Crippen LogP contribution is 2.23. The zero-order valence-electron chi connectivity index (χ0n) is 10.1. The summed E-state index contributed by atoms with van der Waals surface area (Å²) < 4.78 is 5.65. The first-order valence-electron chi connectivity index (χ1n) is 6.01. The van der Waals surface area contributed by atoms with Gasteiger partial charge < -0.3 is 10.2 Å². The minimum atomic E-state index is 0.0619. The van der Waals surface area contributed by atoms with Gasteiger partial charge in [-0.15, -0.1) is 0 Å². The molecule has 1 heterocycles. The highest BCUT2D eigenvalue weighted by molar-refractivity contribution is 5.10. The second-order valence-electron chi connectivity index (χ2n) is 4.39. The molecule has 1 aromatic heterocycles. The summed E-state index contributed by atoms with van der Waals surface area (Å²) in [6.07, 6.45) is 4.43. The first kappa shape index (κ1) is 12.3. The van der Waals surface area contributed by atoms with Crippen LogP contribution in [0.5, 0.6) is 0 Å². The first-order valence-corrected chi connectivity index (χ1v) is 6.01. The predicted molar refractivity (Wildman–Crippen MR) is 63.7 cm³/mol. The Hall–Kier alpha value is -0.760. The van der Waals surface area contributed by atoms with Crippen LogP contribution in [-0.4, -0.2) is 0 Å². The third-order valence-corrected chi connectivity index (χ3v) is 2.83. The fourth-order valence-corrected chi connectivity index (χ4v) is 1.94. The molecule has 86 valence electrons. The van der Waals surface area contributed by atoms with Gasteiger partial charge in [-0.1, -0.05) is 33.6 Å². The van der Waals surface area contributed by atoms with E-state index < -0.39 is 0 Å². The molecule has 0 aromatic carbocycles. The van der Waals surface area contributed by atoms with Crippen molar-refractivity contribution in [2.45, 2.75) is 52.5 Å². The number of aryl methyl sites for hydroxylation is 1. The molecule has 0 radical (unpaired) electrons. The molecule has 2 unspecified atom stereocenters. The zero-order valence-corrected chi connectivity index (χ0v) is 10.1. The fourth-order valence-electron chi connectivity index (χ4n) is 1.94. The Balaban J connectivity index is 2.49. The van der Waals surface area contributed by atoms with Crippen molar-refractivity contribution >= 4 is 0 Å². The van der Waals surface area contributed by atoms with E-state index >= 15 is 0 Å². The Kier molecular flexibility index (Phi) is 4.89. The van der Waals surface area contributed by atoms with Crippen LogP contribution in [0.3, 0.4) is 0 Å². The molecular weight excluding hydrogens is 186 g/mol. The lowest BCUT2D eigenvalue weighted by atomic mass is 9.96. The molecule has 2 N–H and O–H groups in total. The van der Waals surface area contributed by atoms with Crippen LogP contribution in [0.15, 0.2) is 16.5 Å². The fraction of sp³-hybridized carbons (Fsp3) is 0.692. The van der Waals surface area contributed by atoms with Crippen LogP contribution in [0.25, 0.3) is 0 Å². The number of nitrogens with two attached hydrogens (primary N) is 1. The lowest BCUT2D eigenvalue weighted by Crippen LogP contribution is -2.13. The summed E-state index contributed by atoms with van der Waals surface area (Å²) in [5.41, 5.74) is 6.10. The Bertz CT molecular complexity index is 280. The van der Waals surface area contributed by atoms with Crippen LogP contribution in [0.2, 0.25) is 0 Å². The standard InChI is InChI=1S/C13H23NO/c1-4-6-10(3)9-12(14)13-8-7-11(5-2)15-13/h7-8,10,12H,4-6,9,14H2,1-3H3. The third kappa shape index (κ3) is 3.71. The van der Waals surface area contributed by atoms with Gasteiger partial charge >= 0.3 is 0 Å². The van der Waals surface area contributed by atoms with E-state index in [0.29, 0.717) is 5.92 Å². The quantitative estimate of drug-likeness (QED) is 0.776. The highest BCUT2D eigenvalue weighted by Gasteiger charge is 2.13. The van der Waals surface area contributed by atoms with Crippen molar-refractivity contribution < 1.29 is 4.42 Å². The average molecular weight is 209 g/mol. The largest absolute Gasteiger partial charge is 0.464 e. The van der Waals surface area contributed by atoms with Crippen LogP contribution in [0, 0.1) is 5.92 Å². The van der Waals surface area contributed by atoms with Gasteiger partial charge in [0.1, 0.15) is 11.5 Å². The van der Waals surface area contributed by atoms with Gasteiger partial charge in [0.15, 0.2) is 0 Å². The smallest absolute Gasteiger partial charge is 0.120 e. The summed E-state index contributed by atoms with van der Waals surface area (Å²) >= 11 is 0. The minimum absolute atomic E-state index is 0.0619. The van der Waals surface area contributed by atoms with Gasteiger partial charge in [0, 0.05) is 6.42 Å². The predicted octanol–water partition coefficient (Wildman–Crippen LogP) is 3.67. The maximum atomic E-state index is 6.10. The molecule has 15 heavy (non-hydrogen) atoms. The van der Waals surface area contributed by atoms with Gasteiger partial charge in [-0.05, 0) is 24.5 Å². The van der Waals surface area contributed by atoms with Crippen LogP contribution >= 0.6 is 0 Å². The summed E-state index contributed by atoms with van der Waals surface area (Å²) in [6.45, 7) is 6.56. The van der Waals surface area contributed by atoms with Crippen molar-refractivity contribution in [3.63, 3.8) is 0 Å². The van der Waals surface area contributed by atoms with E-state index in [9.17, 15) is 0 Å². The van der Waals surface area contributed by atoms with E-state index in [-0.39, 0.29) is 6.04 Å². The maximum Gasteiger partial charge on any atom is 0.120 e. The number of rotatable bonds is 6. The number of furan rings is 1. The van der Waals surface area contributed by atoms with Crippen molar-refractivity contribution in [1.82, 2.24) is 0 Å². The van der Waals surface area contributed by atoms with E-state index in [4.69, 9.17) is 10.2 Å². The molecule has 0 aliphatic rings. The molecule has 2 nitrogen and oxygen atoms in total. The van der Waals surface area contributed by atoms with Crippen molar-refractivity contribution in [3.05, 3.63) is 23.7 Å². The Morgan fingerprint density at radius 3 is 2.60 bits per heavy atom. The molecule has 0 spiro atoms. The summed E-state index contributed by atoms with van der Waals surface area (Å²) in [5, 5.41) is 0. The van der Waals surface area contributed by atoms with Gasteiger partial charge in [-0.2, -0.15) is 0 Å². The number of hydrogen-bond donors (Lipinski definition) is 1. The molecule has 0 amide bonds. The molecule has 1 aromatic rings. The number of hydrogen-bond acceptors (Lipinski definition) is 2. The monoisotopic (exact) mass is 209 g/mol. The second-order valence-corrected chi connectivity index (χ2v) is 4.39. The van der Waals surface area contributed by atoms with Crippen LogP contribution < -0.4 is 5.73 Å². The maximum absolute atomic E-state index is 6.10. The average Bonchev–Trinajstić information content (AvgIpc) is 2.66. The van der Waals surface area contributed by atoms with E-state index in [1.165, 1.54) is 12.8 Å². The highest BCUT2D eigenvalue weighted by atomic mass is 16.3. The molecule has 1 rings (SSSR count). The van der Waals surface area contributed by atoms with Gasteiger partial charge in [-0.3, -0.25) is 0 Å².